The number of nitrogens with zero attached hydrogens (tertiary/aromatic N) is 4. The summed E-state index contributed by atoms with van der Waals surface area (Å²) in [4.78, 5) is 14.5. The number of carbonyl (C=O) groups is 1. The summed E-state index contributed by atoms with van der Waals surface area (Å²) >= 11 is 0. The van der Waals surface area contributed by atoms with Gasteiger partial charge in [-0.2, -0.15) is 0 Å². The minimum atomic E-state index is -0.307. The van der Waals surface area contributed by atoms with Crippen LogP contribution in [0.5, 0.6) is 0 Å². The van der Waals surface area contributed by atoms with Crippen LogP contribution in [-0.4, -0.2) is 45.7 Å². The van der Waals surface area contributed by atoms with Crippen molar-refractivity contribution in [3.05, 3.63) is 48.3 Å². The maximum absolute atomic E-state index is 12.2. The predicted molar refractivity (Wildman–Crippen MR) is 97.0 cm³/mol. The maximum atomic E-state index is 12.2. The quantitative estimate of drug-likeness (QED) is 0.751. The molecule has 26 heavy (non-hydrogen) atoms. The normalized spacial score (nSPS) is 16.0. The number of rotatable bonds is 4. The van der Waals surface area contributed by atoms with Gasteiger partial charge in [-0.05, 0) is 57.2 Å². The highest BCUT2D eigenvalue weighted by Gasteiger charge is 2.23. The van der Waals surface area contributed by atoms with E-state index in [0.29, 0.717) is 29.6 Å². The van der Waals surface area contributed by atoms with E-state index in [4.69, 9.17) is 4.42 Å². The SMILES string of the molecule is CN1CCC(c2nnc3c(NC(=O)NCc4ccco4)cccn23)CC1. The second-order valence-electron chi connectivity index (χ2n) is 6.64. The fourth-order valence-corrected chi connectivity index (χ4v) is 3.32. The smallest absolute Gasteiger partial charge is 0.319 e. The third-order valence-electron chi connectivity index (χ3n) is 4.80. The molecular formula is C18H22N6O2. The Kier molecular flexibility index (Phi) is 4.57. The van der Waals surface area contributed by atoms with Gasteiger partial charge in [-0.3, -0.25) is 4.40 Å². The molecule has 4 rings (SSSR count). The van der Waals surface area contributed by atoms with Crippen molar-refractivity contribution in [1.82, 2.24) is 24.8 Å². The Balaban J connectivity index is 1.48. The van der Waals surface area contributed by atoms with E-state index >= 15 is 0 Å². The van der Waals surface area contributed by atoms with Crippen molar-refractivity contribution in [1.29, 1.82) is 0 Å². The van der Waals surface area contributed by atoms with Crippen LogP contribution in [-0.2, 0) is 6.54 Å². The molecule has 0 aliphatic carbocycles. The van der Waals surface area contributed by atoms with E-state index in [1.54, 1.807) is 12.3 Å². The van der Waals surface area contributed by atoms with E-state index in [0.717, 1.165) is 31.8 Å². The van der Waals surface area contributed by atoms with Gasteiger partial charge in [0, 0.05) is 12.1 Å². The number of piperidine rings is 1. The standard InChI is InChI=1S/C18H22N6O2/c1-23-9-6-13(7-10-23)16-21-22-17-15(5-2-8-24(16)17)20-18(25)19-12-14-4-3-11-26-14/h2-5,8,11,13H,6-7,9-10,12H2,1H3,(H2,19,20,25). The van der Waals surface area contributed by atoms with Gasteiger partial charge in [-0.15, -0.1) is 10.2 Å². The number of carbonyl (C=O) groups excluding carboxylic acids is 1. The number of fused-ring (bicyclic) bond motifs is 1. The van der Waals surface area contributed by atoms with E-state index in [2.05, 4.69) is 32.8 Å². The summed E-state index contributed by atoms with van der Waals surface area (Å²) in [7, 11) is 2.14. The molecule has 8 nitrogen and oxygen atoms in total. The van der Waals surface area contributed by atoms with Gasteiger partial charge in [0.25, 0.3) is 0 Å². The van der Waals surface area contributed by atoms with Gasteiger partial charge < -0.3 is 20.0 Å². The molecule has 0 bridgehead atoms. The average molecular weight is 354 g/mol. The molecule has 1 saturated heterocycles. The summed E-state index contributed by atoms with van der Waals surface area (Å²) in [5.74, 6) is 2.06. The second-order valence-corrected chi connectivity index (χ2v) is 6.64. The van der Waals surface area contributed by atoms with Gasteiger partial charge in [0.2, 0.25) is 0 Å². The Morgan fingerprint density at radius 1 is 1.27 bits per heavy atom. The molecular weight excluding hydrogens is 332 g/mol. The monoisotopic (exact) mass is 354 g/mol. The summed E-state index contributed by atoms with van der Waals surface area (Å²) in [6.07, 6.45) is 5.67. The molecule has 0 unspecified atom stereocenters. The molecule has 1 aliphatic heterocycles. The van der Waals surface area contributed by atoms with Crippen LogP contribution in [0.25, 0.3) is 5.65 Å². The number of aromatic nitrogens is 3. The first-order valence-electron chi connectivity index (χ1n) is 8.80. The molecule has 4 heterocycles. The molecule has 2 amide bonds. The lowest BCUT2D eigenvalue weighted by Gasteiger charge is -2.27. The Morgan fingerprint density at radius 2 is 2.12 bits per heavy atom. The summed E-state index contributed by atoms with van der Waals surface area (Å²) in [6.45, 7) is 2.45. The van der Waals surface area contributed by atoms with E-state index in [1.165, 1.54) is 0 Å². The van der Waals surface area contributed by atoms with Gasteiger partial charge in [0.1, 0.15) is 11.6 Å². The van der Waals surface area contributed by atoms with Crippen LogP contribution in [0.15, 0.2) is 41.1 Å². The Morgan fingerprint density at radius 3 is 2.88 bits per heavy atom. The van der Waals surface area contributed by atoms with Crippen LogP contribution >= 0.6 is 0 Å². The molecule has 1 fully saturated rings. The third-order valence-corrected chi connectivity index (χ3v) is 4.80. The number of urea groups is 1. The van der Waals surface area contributed by atoms with Crippen molar-refractivity contribution in [2.45, 2.75) is 25.3 Å². The van der Waals surface area contributed by atoms with Gasteiger partial charge >= 0.3 is 6.03 Å². The lowest BCUT2D eigenvalue weighted by atomic mass is 9.96. The Labute approximate surface area is 151 Å². The number of hydrogen-bond acceptors (Lipinski definition) is 5. The zero-order chi connectivity index (χ0) is 17.9. The summed E-state index contributed by atoms with van der Waals surface area (Å²) in [5.41, 5.74) is 1.30. The van der Waals surface area contributed by atoms with Crippen molar-refractivity contribution in [3.63, 3.8) is 0 Å². The molecule has 0 spiro atoms. The number of amides is 2. The van der Waals surface area contributed by atoms with E-state index in [9.17, 15) is 4.79 Å². The van der Waals surface area contributed by atoms with Crippen molar-refractivity contribution in [3.8, 4) is 0 Å². The molecule has 0 radical (unpaired) electrons. The number of hydrogen-bond donors (Lipinski definition) is 2. The predicted octanol–water partition coefficient (Wildman–Crippen LogP) is 2.45. The van der Waals surface area contributed by atoms with Crippen molar-refractivity contribution in [2.75, 3.05) is 25.5 Å². The fourth-order valence-electron chi connectivity index (χ4n) is 3.32. The van der Waals surface area contributed by atoms with Crippen molar-refractivity contribution in [2.24, 2.45) is 0 Å². The van der Waals surface area contributed by atoms with E-state index < -0.39 is 0 Å². The summed E-state index contributed by atoms with van der Waals surface area (Å²) in [5, 5.41) is 14.3. The fraction of sp³-hybridized carbons (Fsp3) is 0.389. The number of nitrogens with one attached hydrogen (secondary N) is 2. The van der Waals surface area contributed by atoms with Gasteiger partial charge in [-0.25, -0.2) is 4.79 Å². The lowest BCUT2D eigenvalue weighted by molar-refractivity contribution is 0.250. The van der Waals surface area contributed by atoms with Crippen LogP contribution in [0.1, 0.15) is 30.3 Å². The molecule has 0 atom stereocenters. The first-order valence-corrected chi connectivity index (χ1v) is 8.80. The lowest BCUT2D eigenvalue weighted by Crippen LogP contribution is -2.30. The van der Waals surface area contributed by atoms with Crippen molar-refractivity contribution < 1.29 is 9.21 Å². The molecule has 136 valence electrons. The number of pyridine rings is 1. The van der Waals surface area contributed by atoms with E-state index in [1.807, 2.05) is 28.8 Å². The first-order chi connectivity index (χ1) is 12.7. The molecule has 2 N–H and O–H groups in total. The molecule has 3 aromatic heterocycles. The maximum Gasteiger partial charge on any atom is 0.319 e. The minimum absolute atomic E-state index is 0.307. The largest absolute Gasteiger partial charge is 0.467 e. The Bertz CT molecular complexity index is 880. The molecule has 0 saturated carbocycles. The zero-order valence-corrected chi connectivity index (χ0v) is 14.7. The highest BCUT2D eigenvalue weighted by molar-refractivity contribution is 5.92. The first kappa shape index (κ1) is 16.6. The van der Waals surface area contributed by atoms with E-state index in [-0.39, 0.29) is 6.03 Å². The van der Waals surface area contributed by atoms with Crippen LogP contribution in [0, 0.1) is 0 Å². The molecule has 1 aliphatic rings. The summed E-state index contributed by atoms with van der Waals surface area (Å²) < 4.78 is 7.19. The molecule has 3 aromatic rings. The van der Waals surface area contributed by atoms with Gasteiger partial charge in [0.05, 0.1) is 18.5 Å². The number of anilines is 1. The summed E-state index contributed by atoms with van der Waals surface area (Å²) in [6, 6.07) is 7.02. The molecule has 8 heteroatoms. The van der Waals surface area contributed by atoms with Crippen LogP contribution in [0.2, 0.25) is 0 Å². The van der Waals surface area contributed by atoms with Crippen LogP contribution in [0.4, 0.5) is 10.5 Å². The molecule has 0 aromatic carbocycles. The third kappa shape index (κ3) is 3.41. The van der Waals surface area contributed by atoms with Crippen LogP contribution in [0.3, 0.4) is 0 Å². The van der Waals surface area contributed by atoms with Crippen LogP contribution < -0.4 is 10.6 Å². The topological polar surface area (TPSA) is 87.7 Å². The average Bonchev–Trinajstić information content (AvgIpc) is 3.31. The van der Waals surface area contributed by atoms with Crippen molar-refractivity contribution >= 4 is 17.4 Å². The number of likely N-dealkylation sites (tertiary alicyclic amines) is 1. The second kappa shape index (κ2) is 7.17. The van der Waals surface area contributed by atoms with Gasteiger partial charge in [-0.1, -0.05) is 0 Å². The highest BCUT2D eigenvalue weighted by atomic mass is 16.3. The number of furan rings is 1. The highest BCUT2D eigenvalue weighted by Crippen LogP contribution is 2.28. The Hall–Kier alpha value is -2.87. The van der Waals surface area contributed by atoms with Gasteiger partial charge in [0.15, 0.2) is 5.65 Å². The zero-order valence-electron chi connectivity index (χ0n) is 14.7. The minimum Gasteiger partial charge on any atom is -0.467 e.